The molecular formula is C21H16ClNOS. The number of nitrogens with zero attached hydrogens (tertiary/aromatic N) is 1. The standard InChI is InChI=1S/C21H16ClNOS/c1-23-19-14-16(22)12-13-18(19)21(20(23)24,15-8-4-2-5-9-15)25-17-10-6-3-7-11-17/h2-14H,1H3. The second-order valence-corrected chi connectivity index (χ2v) is 7.71. The summed E-state index contributed by atoms with van der Waals surface area (Å²) < 4.78 is -0.808. The minimum absolute atomic E-state index is 0.0461. The fourth-order valence-electron chi connectivity index (χ4n) is 3.32. The Labute approximate surface area is 156 Å². The molecule has 0 N–H and O–H groups in total. The quantitative estimate of drug-likeness (QED) is 0.623. The lowest BCUT2D eigenvalue weighted by Crippen LogP contribution is -2.37. The van der Waals surface area contributed by atoms with Crippen LogP contribution in [0.2, 0.25) is 5.02 Å². The van der Waals surface area contributed by atoms with E-state index in [-0.39, 0.29) is 5.91 Å². The highest BCUT2D eigenvalue weighted by atomic mass is 35.5. The number of amides is 1. The van der Waals surface area contributed by atoms with Crippen LogP contribution in [0.4, 0.5) is 5.69 Å². The third kappa shape index (κ3) is 2.55. The van der Waals surface area contributed by atoms with Gasteiger partial charge in [0.2, 0.25) is 0 Å². The van der Waals surface area contributed by atoms with Crippen LogP contribution in [-0.4, -0.2) is 13.0 Å². The smallest absolute Gasteiger partial charge is 0.252 e. The monoisotopic (exact) mass is 365 g/mol. The molecule has 3 aromatic carbocycles. The molecule has 0 aliphatic carbocycles. The van der Waals surface area contributed by atoms with Crippen LogP contribution in [0.15, 0.2) is 83.8 Å². The van der Waals surface area contributed by atoms with Gasteiger partial charge < -0.3 is 4.90 Å². The zero-order valence-electron chi connectivity index (χ0n) is 13.6. The van der Waals surface area contributed by atoms with Gasteiger partial charge in [0.05, 0.1) is 5.69 Å². The maximum Gasteiger partial charge on any atom is 0.252 e. The summed E-state index contributed by atoms with van der Waals surface area (Å²) in [7, 11) is 1.81. The first-order valence-corrected chi connectivity index (χ1v) is 9.20. The molecule has 1 aliphatic heterocycles. The molecule has 0 saturated heterocycles. The lowest BCUT2D eigenvalue weighted by atomic mass is 9.91. The first-order chi connectivity index (χ1) is 12.1. The highest BCUT2D eigenvalue weighted by molar-refractivity contribution is 8.01. The molecule has 0 aromatic heterocycles. The van der Waals surface area contributed by atoms with E-state index in [1.807, 2.05) is 85.9 Å². The topological polar surface area (TPSA) is 20.3 Å². The second-order valence-electron chi connectivity index (χ2n) is 5.99. The lowest BCUT2D eigenvalue weighted by Gasteiger charge is -2.28. The summed E-state index contributed by atoms with van der Waals surface area (Å²) in [4.78, 5) is 16.2. The Kier molecular flexibility index (Phi) is 4.06. The van der Waals surface area contributed by atoms with Gasteiger partial charge in [-0.25, -0.2) is 0 Å². The van der Waals surface area contributed by atoms with Gasteiger partial charge in [0.25, 0.3) is 5.91 Å². The van der Waals surface area contributed by atoms with E-state index in [2.05, 4.69) is 0 Å². The van der Waals surface area contributed by atoms with Gasteiger partial charge in [-0.2, -0.15) is 0 Å². The molecule has 0 saturated carbocycles. The first kappa shape index (κ1) is 16.2. The van der Waals surface area contributed by atoms with Gasteiger partial charge in [-0.1, -0.05) is 78.0 Å². The Hall–Kier alpha value is -2.23. The second kappa shape index (κ2) is 6.25. The first-order valence-electron chi connectivity index (χ1n) is 8.01. The molecule has 1 heterocycles. The van der Waals surface area contributed by atoms with Crippen LogP contribution in [0, 0.1) is 0 Å². The molecule has 4 heteroatoms. The van der Waals surface area contributed by atoms with Crippen LogP contribution >= 0.6 is 23.4 Å². The molecule has 124 valence electrons. The van der Waals surface area contributed by atoms with Crippen molar-refractivity contribution in [3.05, 3.63) is 95.0 Å². The van der Waals surface area contributed by atoms with Gasteiger partial charge in [0.1, 0.15) is 0 Å². The summed E-state index contributed by atoms with van der Waals surface area (Å²) in [6.07, 6.45) is 0. The van der Waals surface area contributed by atoms with Crippen molar-refractivity contribution in [1.82, 2.24) is 0 Å². The number of fused-ring (bicyclic) bond motifs is 1. The van der Waals surface area contributed by atoms with Crippen molar-refractivity contribution in [2.24, 2.45) is 0 Å². The molecule has 0 fully saturated rings. The molecule has 4 rings (SSSR count). The number of thioether (sulfide) groups is 1. The van der Waals surface area contributed by atoms with Crippen molar-refractivity contribution in [2.75, 3.05) is 11.9 Å². The van der Waals surface area contributed by atoms with Crippen molar-refractivity contribution < 1.29 is 4.79 Å². The predicted molar refractivity (Wildman–Crippen MR) is 104 cm³/mol. The fraction of sp³-hybridized carbons (Fsp3) is 0.0952. The van der Waals surface area contributed by atoms with Gasteiger partial charge in [0.15, 0.2) is 4.75 Å². The summed E-state index contributed by atoms with van der Waals surface area (Å²) in [5, 5.41) is 0.631. The fourth-order valence-corrected chi connectivity index (χ4v) is 4.89. The minimum Gasteiger partial charge on any atom is -0.313 e. The Bertz CT molecular complexity index is 929. The number of likely N-dealkylation sites (N-methyl/N-ethyl adjacent to an activating group) is 1. The molecule has 2 nitrogen and oxygen atoms in total. The highest BCUT2D eigenvalue weighted by Gasteiger charge is 2.52. The van der Waals surface area contributed by atoms with Crippen LogP contribution < -0.4 is 4.90 Å². The summed E-state index contributed by atoms with van der Waals surface area (Å²) >= 11 is 7.77. The SMILES string of the molecule is CN1C(=O)C(Sc2ccccc2)(c2ccccc2)c2ccc(Cl)cc21. The van der Waals surface area contributed by atoms with E-state index in [0.717, 1.165) is 21.7 Å². The van der Waals surface area contributed by atoms with Gasteiger partial charge in [-0.05, 0) is 29.8 Å². The zero-order valence-corrected chi connectivity index (χ0v) is 15.2. The predicted octanol–water partition coefficient (Wildman–Crippen LogP) is 5.35. The number of hydrogen-bond acceptors (Lipinski definition) is 2. The minimum atomic E-state index is -0.808. The molecule has 0 bridgehead atoms. The van der Waals surface area contributed by atoms with E-state index in [4.69, 9.17) is 11.6 Å². The number of rotatable bonds is 3. The molecule has 1 atom stereocenters. The highest BCUT2D eigenvalue weighted by Crippen LogP contribution is 2.55. The molecule has 0 radical (unpaired) electrons. The molecule has 25 heavy (non-hydrogen) atoms. The molecule has 3 aromatic rings. The van der Waals surface area contributed by atoms with Crippen molar-refractivity contribution in [1.29, 1.82) is 0 Å². The van der Waals surface area contributed by atoms with Crippen LogP contribution in [0.3, 0.4) is 0 Å². The number of anilines is 1. The molecular weight excluding hydrogens is 350 g/mol. The van der Waals surface area contributed by atoms with Crippen LogP contribution in [0.1, 0.15) is 11.1 Å². The summed E-state index contributed by atoms with van der Waals surface area (Å²) in [5.41, 5.74) is 2.82. The van der Waals surface area contributed by atoms with Gasteiger partial charge in [0, 0.05) is 22.5 Å². The Morgan fingerprint density at radius 3 is 2.24 bits per heavy atom. The number of carbonyl (C=O) groups excluding carboxylic acids is 1. The Morgan fingerprint density at radius 1 is 0.920 bits per heavy atom. The Morgan fingerprint density at radius 2 is 1.56 bits per heavy atom. The van der Waals surface area contributed by atoms with Gasteiger partial charge in [-0.15, -0.1) is 0 Å². The molecule has 1 aliphatic rings. The molecule has 1 amide bonds. The number of carbonyl (C=O) groups is 1. The number of hydrogen-bond donors (Lipinski definition) is 0. The van der Waals surface area contributed by atoms with E-state index >= 15 is 0 Å². The van der Waals surface area contributed by atoms with Crippen LogP contribution in [-0.2, 0) is 9.54 Å². The van der Waals surface area contributed by atoms with Crippen molar-refractivity contribution in [3.63, 3.8) is 0 Å². The summed E-state index contributed by atoms with van der Waals surface area (Å²) in [6, 6.07) is 25.7. The van der Waals surface area contributed by atoms with E-state index < -0.39 is 4.75 Å². The number of benzene rings is 3. The average Bonchev–Trinajstić information content (AvgIpc) is 2.86. The lowest BCUT2D eigenvalue weighted by molar-refractivity contribution is -0.119. The largest absolute Gasteiger partial charge is 0.313 e. The van der Waals surface area contributed by atoms with Gasteiger partial charge >= 0.3 is 0 Å². The third-order valence-corrected chi connectivity index (χ3v) is 6.18. The van der Waals surface area contributed by atoms with Gasteiger partial charge in [-0.3, -0.25) is 4.79 Å². The van der Waals surface area contributed by atoms with Crippen molar-refractivity contribution in [3.8, 4) is 0 Å². The zero-order chi connectivity index (χ0) is 17.4. The number of halogens is 1. The van der Waals surface area contributed by atoms with Crippen LogP contribution in [0.25, 0.3) is 0 Å². The Balaban J connectivity index is 1.98. The maximum atomic E-state index is 13.5. The summed E-state index contributed by atoms with van der Waals surface area (Å²) in [6.45, 7) is 0. The van der Waals surface area contributed by atoms with Crippen molar-refractivity contribution in [2.45, 2.75) is 9.64 Å². The van der Waals surface area contributed by atoms with Crippen LogP contribution in [0.5, 0.6) is 0 Å². The summed E-state index contributed by atoms with van der Waals surface area (Å²) in [5.74, 6) is 0.0461. The van der Waals surface area contributed by atoms with E-state index in [9.17, 15) is 4.79 Å². The average molecular weight is 366 g/mol. The maximum absolute atomic E-state index is 13.5. The van der Waals surface area contributed by atoms with Crippen molar-refractivity contribution >= 4 is 35.0 Å². The third-order valence-electron chi connectivity index (χ3n) is 4.50. The van der Waals surface area contributed by atoms with E-state index in [1.54, 1.807) is 16.7 Å². The molecule has 1 unspecified atom stereocenters. The normalized spacial score (nSPS) is 19.1. The van der Waals surface area contributed by atoms with E-state index in [1.165, 1.54) is 0 Å². The molecule has 0 spiro atoms. The van der Waals surface area contributed by atoms with E-state index in [0.29, 0.717) is 5.02 Å².